The first kappa shape index (κ1) is 26.8. The predicted octanol–water partition coefficient (Wildman–Crippen LogP) is 4.50. The number of nitrogens with one attached hydrogen (secondary N) is 2. The van der Waals surface area contributed by atoms with Crippen molar-refractivity contribution in [3.05, 3.63) is 95.6 Å². The zero-order valence-electron chi connectivity index (χ0n) is 20.1. The topological polar surface area (TPSA) is 119 Å². The summed E-state index contributed by atoms with van der Waals surface area (Å²) in [6.45, 7) is 3.12. The Morgan fingerprint density at radius 3 is 2.25 bits per heavy atom. The van der Waals surface area contributed by atoms with E-state index >= 15 is 0 Å². The molecule has 0 saturated carbocycles. The lowest BCUT2D eigenvalue weighted by molar-refractivity contribution is -0.116. The zero-order valence-corrected chi connectivity index (χ0v) is 20.9. The van der Waals surface area contributed by atoms with Crippen molar-refractivity contribution in [1.29, 1.82) is 0 Å². The minimum absolute atomic E-state index is 0.00650. The molecule has 3 aromatic rings. The summed E-state index contributed by atoms with van der Waals surface area (Å²) in [5, 5.41) is 2.73. The van der Waals surface area contributed by atoms with Crippen molar-refractivity contribution in [2.75, 3.05) is 11.9 Å². The summed E-state index contributed by atoms with van der Waals surface area (Å²) in [5.41, 5.74) is 1.68. The second kappa shape index (κ2) is 12.2. The molecule has 0 aliphatic rings. The van der Waals surface area contributed by atoms with Crippen LogP contribution in [0.5, 0.6) is 0 Å². The van der Waals surface area contributed by atoms with Crippen LogP contribution in [-0.2, 0) is 19.6 Å². The summed E-state index contributed by atoms with van der Waals surface area (Å²) in [5.74, 6) is -1.36. The van der Waals surface area contributed by atoms with Crippen LogP contribution in [0.15, 0.2) is 83.8 Å². The van der Waals surface area contributed by atoms with Gasteiger partial charge in [0.25, 0.3) is 0 Å². The van der Waals surface area contributed by atoms with E-state index in [1.54, 1.807) is 19.1 Å². The molecule has 0 aliphatic heterocycles. The predicted molar refractivity (Wildman–Crippen MR) is 136 cm³/mol. The molecule has 36 heavy (non-hydrogen) atoms. The Morgan fingerprint density at radius 1 is 0.889 bits per heavy atom. The molecule has 3 rings (SSSR count). The number of rotatable bonds is 11. The lowest BCUT2D eigenvalue weighted by Crippen LogP contribution is -2.27. The van der Waals surface area contributed by atoms with Gasteiger partial charge in [0.15, 0.2) is 12.4 Å². The van der Waals surface area contributed by atoms with Crippen LogP contribution in [0, 0.1) is 0 Å². The van der Waals surface area contributed by atoms with Crippen LogP contribution in [0.25, 0.3) is 0 Å². The van der Waals surface area contributed by atoms with Gasteiger partial charge in [0.1, 0.15) is 0 Å². The average Bonchev–Trinajstić information content (AvgIpc) is 2.88. The van der Waals surface area contributed by atoms with Crippen molar-refractivity contribution < 1.29 is 27.5 Å². The van der Waals surface area contributed by atoms with E-state index < -0.39 is 34.4 Å². The normalized spacial score (nSPS) is 11.9. The summed E-state index contributed by atoms with van der Waals surface area (Å²) in [6.07, 6.45) is 1.13. The molecule has 0 bridgehead atoms. The molecule has 1 atom stereocenters. The SMILES string of the molecule is CCCC(=O)Nc1ccc(C(=O)COC(=O)c2cccc(S(=O)(=O)NC(C)c3ccccc3)c2)cc1. The van der Waals surface area contributed by atoms with Gasteiger partial charge in [0, 0.05) is 23.7 Å². The summed E-state index contributed by atoms with van der Waals surface area (Å²) >= 11 is 0. The quantitative estimate of drug-likeness (QED) is 0.291. The molecule has 0 radical (unpaired) electrons. The first-order chi connectivity index (χ1) is 17.2. The van der Waals surface area contributed by atoms with Gasteiger partial charge in [-0.05, 0) is 61.4 Å². The van der Waals surface area contributed by atoms with E-state index in [2.05, 4.69) is 10.0 Å². The molecule has 2 N–H and O–H groups in total. The number of sulfonamides is 1. The lowest BCUT2D eigenvalue weighted by atomic mass is 10.1. The molecule has 0 aliphatic carbocycles. The molecular formula is C27H28N2O6S. The maximum atomic E-state index is 12.8. The summed E-state index contributed by atoms with van der Waals surface area (Å²) < 4.78 is 33.4. The monoisotopic (exact) mass is 508 g/mol. The number of amides is 1. The second-order valence-electron chi connectivity index (χ2n) is 8.16. The van der Waals surface area contributed by atoms with E-state index in [0.717, 1.165) is 12.0 Å². The third-order valence-corrected chi connectivity index (χ3v) is 6.85. The number of carbonyl (C=O) groups excluding carboxylic acids is 3. The zero-order chi connectivity index (χ0) is 26.1. The van der Waals surface area contributed by atoms with Crippen LogP contribution in [-0.4, -0.2) is 32.7 Å². The largest absolute Gasteiger partial charge is 0.454 e. The van der Waals surface area contributed by atoms with Gasteiger partial charge in [0.2, 0.25) is 15.9 Å². The number of Topliss-reactive ketones (excluding diaryl/α,β-unsaturated/α-hetero) is 1. The van der Waals surface area contributed by atoms with E-state index in [-0.39, 0.29) is 16.4 Å². The number of anilines is 1. The number of ketones is 1. The summed E-state index contributed by atoms with van der Waals surface area (Å²) in [7, 11) is -3.91. The molecule has 9 heteroatoms. The highest BCUT2D eigenvalue weighted by molar-refractivity contribution is 7.89. The fourth-order valence-electron chi connectivity index (χ4n) is 3.39. The Kier molecular flexibility index (Phi) is 9.10. The van der Waals surface area contributed by atoms with Crippen molar-refractivity contribution >= 4 is 33.4 Å². The Labute approximate surface area is 210 Å². The molecule has 0 saturated heterocycles. The smallest absolute Gasteiger partial charge is 0.338 e. The number of hydrogen-bond donors (Lipinski definition) is 2. The Balaban J connectivity index is 1.60. The van der Waals surface area contributed by atoms with E-state index in [1.807, 2.05) is 37.3 Å². The number of esters is 1. The first-order valence-electron chi connectivity index (χ1n) is 11.5. The minimum Gasteiger partial charge on any atom is -0.454 e. The minimum atomic E-state index is -3.91. The van der Waals surface area contributed by atoms with Gasteiger partial charge >= 0.3 is 5.97 Å². The van der Waals surface area contributed by atoms with Gasteiger partial charge in [-0.3, -0.25) is 9.59 Å². The van der Waals surface area contributed by atoms with Crippen molar-refractivity contribution in [3.8, 4) is 0 Å². The Bertz CT molecular complexity index is 1320. The van der Waals surface area contributed by atoms with Crippen LogP contribution >= 0.6 is 0 Å². The third kappa shape index (κ3) is 7.34. The average molecular weight is 509 g/mol. The van der Waals surface area contributed by atoms with Crippen LogP contribution in [0.1, 0.15) is 59.0 Å². The van der Waals surface area contributed by atoms with E-state index in [0.29, 0.717) is 17.7 Å². The van der Waals surface area contributed by atoms with Gasteiger partial charge < -0.3 is 10.1 Å². The van der Waals surface area contributed by atoms with Crippen molar-refractivity contribution in [3.63, 3.8) is 0 Å². The summed E-state index contributed by atoms with van der Waals surface area (Å²) in [6, 6.07) is 20.3. The Hall–Kier alpha value is -3.82. The molecular weight excluding hydrogens is 480 g/mol. The highest BCUT2D eigenvalue weighted by atomic mass is 32.2. The lowest BCUT2D eigenvalue weighted by Gasteiger charge is -2.15. The molecule has 0 aromatic heterocycles. The van der Waals surface area contributed by atoms with Gasteiger partial charge in [0.05, 0.1) is 10.5 Å². The van der Waals surface area contributed by atoms with Gasteiger partial charge in [-0.15, -0.1) is 0 Å². The molecule has 3 aromatic carbocycles. The number of hydrogen-bond acceptors (Lipinski definition) is 6. The fraction of sp³-hybridized carbons (Fsp3) is 0.222. The molecule has 1 unspecified atom stereocenters. The van der Waals surface area contributed by atoms with Gasteiger partial charge in [-0.2, -0.15) is 0 Å². The van der Waals surface area contributed by atoms with Gasteiger partial charge in [-0.1, -0.05) is 43.3 Å². The van der Waals surface area contributed by atoms with Crippen LogP contribution < -0.4 is 10.0 Å². The highest BCUT2D eigenvalue weighted by Gasteiger charge is 2.20. The van der Waals surface area contributed by atoms with Crippen molar-refractivity contribution in [1.82, 2.24) is 4.72 Å². The van der Waals surface area contributed by atoms with Crippen LogP contribution in [0.3, 0.4) is 0 Å². The molecule has 0 fully saturated rings. The fourth-order valence-corrected chi connectivity index (χ4v) is 4.67. The van der Waals surface area contributed by atoms with Gasteiger partial charge in [-0.25, -0.2) is 17.9 Å². The van der Waals surface area contributed by atoms with E-state index in [1.165, 1.54) is 36.4 Å². The van der Waals surface area contributed by atoms with Crippen LogP contribution in [0.4, 0.5) is 5.69 Å². The van der Waals surface area contributed by atoms with Crippen molar-refractivity contribution in [2.24, 2.45) is 0 Å². The molecule has 188 valence electrons. The maximum absolute atomic E-state index is 12.8. The molecule has 0 heterocycles. The van der Waals surface area contributed by atoms with Crippen LogP contribution in [0.2, 0.25) is 0 Å². The maximum Gasteiger partial charge on any atom is 0.338 e. The number of carbonyl (C=O) groups is 3. The Morgan fingerprint density at radius 2 is 1.58 bits per heavy atom. The first-order valence-corrected chi connectivity index (χ1v) is 13.0. The van der Waals surface area contributed by atoms with E-state index in [9.17, 15) is 22.8 Å². The third-order valence-electron chi connectivity index (χ3n) is 5.31. The number of benzene rings is 3. The highest BCUT2D eigenvalue weighted by Crippen LogP contribution is 2.18. The van der Waals surface area contributed by atoms with Crippen molar-refractivity contribution in [2.45, 2.75) is 37.6 Å². The summed E-state index contributed by atoms with van der Waals surface area (Å²) in [4.78, 5) is 36.5. The molecule has 1 amide bonds. The molecule has 8 nitrogen and oxygen atoms in total. The second-order valence-corrected chi connectivity index (χ2v) is 9.87. The number of ether oxygens (including phenoxy) is 1. The standard InChI is InChI=1S/C27H28N2O6S/c1-3-8-26(31)28-23-15-13-21(14-16-23)25(30)18-35-27(32)22-11-7-12-24(17-22)36(33,34)29-19(2)20-9-5-4-6-10-20/h4-7,9-17,19,29H,3,8,18H2,1-2H3,(H,28,31). The van der Waals surface area contributed by atoms with E-state index in [4.69, 9.17) is 4.74 Å². The molecule has 0 spiro atoms.